The lowest BCUT2D eigenvalue weighted by Gasteiger charge is -2.32. The SMILES string of the molecule is CCN(NSC)c1ncnc2c1ccn2C1OC(COP(NC(C)(C)C(=O)OC2CCC2)Oc2ccc(Cl)cc2)CC1C. The van der Waals surface area contributed by atoms with E-state index < -0.39 is 14.1 Å². The Morgan fingerprint density at radius 1 is 1.26 bits per heavy atom. The first-order valence-corrected chi connectivity index (χ1v) is 17.3. The van der Waals surface area contributed by atoms with Gasteiger partial charge in [0.2, 0.25) is 0 Å². The molecule has 2 fully saturated rings. The van der Waals surface area contributed by atoms with Gasteiger partial charge in [0.1, 0.15) is 35.6 Å². The predicted molar refractivity (Wildman–Crippen MR) is 171 cm³/mol. The lowest BCUT2D eigenvalue weighted by molar-refractivity contribution is -0.159. The number of carbonyl (C=O) groups excluding carboxylic acids is 1. The van der Waals surface area contributed by atoms with E-state index in [-0.39, 0.29) is 36.9 Å². The first-order chi connectivity index (χ1) is 20.7. The zero-order chi connectivity index (χ0) is 30.6. The lowest BCUT2D eigenvalue weighted by Crippen LogP contribution is -2.48. The number of fused-ring (bicyclic) bond motifs is 1. The highest BCUT2D eigenvalue weighted by atomic mass is 35.5. The van der Waals surface area contributed by atoms with E-state index in [1.807, 2.05) is 23.5 Å². The Bertz CT molecular complexity index is 1380. The molecule has 1 saturated heterocycles. The molecule has 1 aromatic carbocycles. The maximum atomic E-state index is 13.0. The highest BCUT2D eigenvalue weighted by molar-refractivity contribution is 7.96. The molecule has 1 aliphatic carbocycles. The zero-order valence-corrected chi connectivity index (χ0v) is 27.6. The van der Waals surface area contributed by atoms with E-state index in [1.165, 1.54) is 11.9 Å². The van der Waals surface area contributed by atoms with Crippen LogP contribution in [0.1, 0.15) is 59.6 Å². The Morgan fingerprint density at radius 2 is 2.02 bits per heavy atom. The highest BCUT2D eigenvalue weighted by Gasteiger charge is 2.39. The quantitative estimate of drug-likeness (QED) is 0.0874. The minimum absolute atomic E-state index is 0.0128. The molecule has 4 unspecified atom stereocenters. The van der Waals surface area contributed by atoms with Gasteiger partial charge in [0, 0.05) is 23.7 Å². The van der Waals surface area contributed by atoms with Gasteiger partial charge in [-0.15, -0.1) is 0 Å². The molecule has 1 saturated carbocycles. The lowest BCUT2D eigenvalue weighted by atomic mass is 9.96. The van der Waals surface area contributed by atoms with Crippen LogP contribution in [0.3, 0.4) is 0 Å². The third-order valence-corrected chi connectivity index (χ3v) is 9.73. The molecular weight excluding hydrogens is 611 g/mol. The van der Waals surface area contributed by atoms with Crippen LogP contribution in [0.15, 0.2) is 42.9 Å². The topological polar surface area (TPSA) is 112 Å². The summed E-state index contributed by atoms with van der Waals surface area (Å²) in [5, 5.41) is 6.81. The monoisotopic (exact) mass is 650 g/mol. The van der Waals surface area contributed by atoms with Crippen molar-refractivity contribution >= 4 is 54.9 Å². The van der Waals surface area contributed by atoms with E-state index >= 15 is 0 Å². The molecule has 0 spiro atoms. The number of halogens is 1. The molecule has 5 rings (SSSR count). The minimum Gasteiger partial charge on any atom is -0.461 e. The van der Waals surface area contributed by atoms with Crippen molar-refractivity contribution in [3.8, 4) is 5.75 Å². The average molecular weight is 651 g/mol. The number of hydrogen-bond acceptors (Lipinski definition) is 11. The van der Waals surface area contributed by atoms with Crippen molar-refractivity contribution < 1.29 is 23.3 Å². The van der Waals surface area contributed by atoms with E-state index in [1.54, 1.807) is 44.4 Å². The fraction of sp³-hybridized carbons (Fsp3) is 0.552. The van der Waals surface area contributed by atoms with Gasteiger partial charge >= 0.3 is 14.5 Å². The van der Waals surface area contributed by atoms with Gasteiger partial charge in [0.25, 0.3) is 0 Å². The summed E-state index contributed by atoms with van der Waals surface area (Å²) in [4.78, 5) is 25.4. The molecule has 3 heterocycles. The van der Waals surface area contributed by atoms with E-state index in [2.05, 4.69) is 38.3 Å². The molecule has 1 aliphatic heterocycles. The molecule has 0 bridgehead atoms. The van der Waals surface area contributed by atoms with Gasteiger partial charge in [0.05, 0.1) is 18.1 Å². The van der Waals surface area contributed by atoms with E-state index in [0.717, 1.165) is 49.1 Å². The Balaban J connectivity index is 1.27. The summed E-state index contributed by atoms with van der Waals surface area (Å²) in [5.41, 5.74) is -0.203. The molecule has 43 heavy (non-hydrogen) atoms. The summed E-state index contributed by atoms with van der Waals surface area (Å²) in [5.74, 6) is 1.28. The molecule has 2 N–H and O–H groups in total. The highest BCUT2D eigenvalue weighted by Crippen LogP contribution is 2.42. The molecule has 3 aromatic rings. The van der Waals surface area contributed by atoms with Gasteiger partial charge in [-0.2, -0.15) is 4.83 Å². The number of esters is 1. The fourth-order valence-electron chi connectivity index (χ4n) is 5.00. The number of aromatic nitrogens is 3. The molecule has 0 amide bonds. The number of rotatable bonds is 14. The number of carbonyl (C=O) groups is 1. The molecule has 4 atom stereocenters. The summed E-state index contributed by atoms with van der Waals surface area (Å²) < 4.78 is 26.8. The van der Waals surface area contributed by atoms with Crippen molar-refractivity contribution in [2.45, 2.75) is 77.4 Å². The average Bonchev–Trinajstić information content (AvgIpc) is 3.56. The van der Waals surface area contributed by atoms with Gasteiger partial charge in [-0.05, 0) is 83.0 Å². The maximum absolute atomic E-state index is 13.0. The summed E-state index contributed by atoms with van der Waals surface area (Å²) in [6.45, 7) is 8.82. The van der Waals surface area contributed by atoms with Crippen LogP contribution in [0.2, 0.25) is 5.02 Å². The molecule has 11 nitrogen and oxygen atoms in total. The normalized spacial score (nSPS) is 21.5. The Labute approximate surface area is 263 Å². The predicted octanol–water partition coefficient (Wildman–Crippen LogP) is 6.40. The molecule has 2 aromatic heterocycles. The second-order valence-electron chi connectivity index (χ2n) is 11.4. The van der Waals surface area contributed by atoms with Crippen LogP contribution in [0.25, 0.3) is 11.0 Å². The van der Waals surface area contributed by atoms with Crippen LogP contribution in [-0.4, -0.2) is 57.7 Å². The van der Waals surface area contributed by atoms with Crippen molar-refractivity contribution in [2.75, 3.05) is 24.4 Å². The van der Waals surface area contributed by atoms with Crippen LogP contribution in [-0.2, 0) is 18.8 Å². The van der Waals surface area contributed by atoms with Crippen LogP contribution in [0.5, 0.6) is 5.75 Å². The van der Waals surface area contributed by atoms with Crippen LogP contribution >= 0.6 is 32.1 Å². The Hall–Kier alpha value is -2.18. The van der Waals surface area contributed by atoms with E-state index in [4.69, 9.17) is 30.1 Å². The Kier molecular flexibility index (Phi) is 10.7. The molecule has 234 valence electrons. The van der Waals surface area contributed by atoms with E-state index in [0.29, 0.717) is 10.8 Å². The second kappa shape index (κ2) is 14.3. The third-order valence-electron chi connectivity index (χ3n) is 7.58. The maximum Gasteiger partial charge on any atom is 0.326 e. The first kappa shape index (κ1) is 32.2. The summed E-state index contributed by atoms with van der Waals surface area (Å²) in [6.07, 6.45) is 8.84. The summed E-state index contributed by atoms with van der Waals surface area (Å²) in [6, 6.07) is 9.08. The zero-order valence-electron chi connectivity index (χ0n) is 25.2. The molecule has 14 heteroatoms. The molecule has 2 aliphatic rings. The molecule has 0 radical (unpaired) electrons. The summed E-state index contributed by atoms with van der Waals surface area (Å²) >= 11 is 7.59. The van der Waals surface area contributed by atoms with Crippen molar-refractivity contribution in [1.29, 1.82) is 0 Å². The smallest absolute Gasteiger partial charge is 0.326 e. The standard InChI is InChI=1S/C29H40ClN6O5PS/c1-6-36(34-43-5)26-24-14-15-35(25(24)31-18-32-26)27-19(2)16-23(39-27)17-38-42(41-22-12-10-20(30)11-13-22)33-29(3,4)28(37)40-21-8-7-9-21/h10-15,18-19,21,23,27,33-34H,6-9,16-17H2,1-5H3. The fourth-order valence-corrected chi connectivity index (χ4v) is 6.88. The Morgan fingerprint density at radius 3 is 2.70 bits per heavy atom. The number of anilines is 1. The van der Waals surface area contributed by atoms with Gasteiger partial charge < -0.3 is 23.1 Å². The van der Waals surface area contributed by atoms with E-state index in [9.17, 15) is 4.79 Å². The number of nitrogens with zero attached hydrogens (tertiary/aromatic N) is 4. The summed E-state index contributed by atoms with van der Waals surface area (Å²) in [7, 11) is -1.73. The van der Waals surface area contributed by atoms with Crippen LogP contribution in [0.4, 0.5) is 5.82 Å². The van der Waals surface area contributed by atoms with Crippen LogP contribution in [0, 0.1) is 5.92 Å². The molecular formula is C29H40ClN6O5PS. The van der Waals surface area contributed by atoms with Crippen LogP contribution < -0.4 is 19.5 Å². The number of ether oxygens (including phenoxy) is 2. The van der Waals surface area contributed by atoms with Crippen molar-refractivity contribution in [3.63, 3.8) is 0 Å². The number of hydrogen-bond donors (Lipinski definition) is 2. The largest absolute Gasteiger partial charge is 0.461 e. The second-order valence-corrected chi connectivity index (χ2v) is 13.6. The van der Waals surface area contributed by atoms with Crippen molar-refractivity contribution in [1.82, 2.24) is 24.5 Å². The minimum atomic E-state index is -1.73. The van der Waals surface area contributed by atoms with Gasteiger partial charge in [-0.3, -0.25) is 9.80 Å². The van der Waals surface area contributed by atoms with Gasteiger partial charge in [-0.1, -0.05) is 30.5 Å². The van der Waals surface area contributed by atoms with Crippen molar-refractivity contribution in [3.05, 3.63) is 47.9 Å². The van der Waals surface area contributed by atoms with Gasteiger partial charge in [0.15, 0.2) is 5.82 Å². The van der Waals surface area contributed by atoms with Gasteiger partial charge in [-0.25, -0.2) is 15.1 Å². The first-order valence-electron chi connectivity index (χ1n) is 14.6. The third kappa shape index (κ3) is 7.73. The number of nitrogens with one attached hydrogen (secondary N) is 2. The van der Waals surface area contributed by atoms with Crippen molar-refractivity contribution in [2.24, 2.45) is 5.92 Å². The number of hydrazine groups is 1. The number of benzene rings is 1.